The molecule has 0 N–H and O–H groups in total. The molecule has 182 valence electrons. The summed E-state index contributed by atoms with van der Waals surface area (Å²) in [4.78, 5) is 13.0. The third-order valence-corrected chi connectivity index (χ3v) is 5.94. The molecular formula is C26H15F5N2O3. The van der Waals surface area contributed by atoms with E-state index in [0.29, 0.717) is 30.7 Å². The fourth-order valence-electron chi connectivity index (χ4n) is 4.15. The maximum absolute atomic E-state index is 14.4. The van der Waals surface area contributed by atoms with Crippen molar-refractivity contribution in [1.82, 2.24) is 4.57 Å². The predicted molar refractivity (Wildman–Crippen MR) is 118 cm³/mol. The third kappa shape index (κ3) is 4.13. The van der Waals surface area contributed by atoms with Crippen molar-refractivity contribution in [1.29, 1.82) is 5.26 Å². The third-order valence-electron chi connectivity index (χ3n) is 5.94. The Bertz CT molecular complexity index is 1590. The van der Waals surface area contributed by atoms with Gasteiger partial charge in [-0.1, -0.05) is 12.1 Å². The summed E-state index contributed by atoms with van der Waals surface area (Å²) in [7, 11) is 0. The number of nitrogens with zero attached hydrogens (tertiary/aromatic N) is 2. The van der Waals surface area contributed by atoms with Crippen LogP contribution in [0.3, 0.4) is 0 Å². The average Bonchev–Trinajstić information content (AvgIpc) is 3.50. The maximum Gasteiger partial charge on any atom is 0.417 e. The van der Waals surface area contributed by atoms with Crippen LogP contribution < -0.4 is 10.3 Å². The van der Waals surface area contributed by atoms with Crippen LogP contribution in [-0.2, 0) is 19.1 Å². The number of furan rings is 1. The molecule has 0 amide bonds. The van der Waals surface area contributed by atoms with Gasteiger partial charge in [-0.25, -0.2) is 8.78 Å². The summed E-state index contributed by atoms with van der Waals surface area (Å²) in [5.41, 5.74) is -2.11. The second-order valence-corrected chi connectivity index (χ2v) is 8.18. The van der Waals surface area contributed by atoms with Crippen LogP contribution in [0.2, 0.25) is 0 Å². The van der Waals surface area contributed by atoms with Crippen molar-refractivity contribution >= 4 is 0 Å². The Hall–Kier alpha value is -4.39. The Morgan fingerprint density at radius 2 is 1.83 bits per heavy atom. The van der Waals surface area contributed by atoms with Gasteiger partial charge in [-0.3, -0.25) is 9.36 Å². The molecule has 0 saturated carbocycles. The second-order valence-electron chi connectivity index (χ2n) is 8.18. The number of ether oxygens (including phenoxy) is 1. The van der Waals surface area contributed by atoms with E-state index in [1.807, 2.05) is 6.07 Å². The lowest BCUT2D eigenvalue weighted by Gasteiger charge is -2.16. The van der Waals surface area contributed by atoms with Crippen molar-refractivity contribution in [3.05, 3.63) is 99.0 Å². The van der Waals surface area contributed by atoms with Crippen LogP contribution >= 0.6 is 0 Å². The molecule has 0 atom stereocenters. The first kappa shape index (κ1) is 23.4. The van der Waals surface area contributed by atoms with E-state index in [4.69, 9.17) is 9.15 Å². The average molecular weight is 498 g/mol. The molecule has 36 heavy (non-hydrogen) atoms. The monoisotopic (exact) mass is 498 g/mol. The van der Waals surface area contributed by atoms with E-state index in [-0.39, 0.29) is 17.0 Å². The van der Waals surface area contributed by atoms with Gasteiger partial charge in [-0.05, 0) is 41.5 Å². The summed E-state index contributed by atoms with van der Waals surface area (Å²) in [5, 5.41) is 9.31. The number of alkyl halides is 3. The molecule has 5 rings (SSSR count). The minimum atomic E-state index is -5.01. The molecule has 4 aromatic rings. The highest BCUT2D eigenvalue weighted by molar-refractivity contribution is 5.71. The van der Waals surface area contributed by atoms with Crippen molar-refractivity contribution in [3.8, 4) is 34.4 Å². The highest BCUT2D eigenvalue weighted by atomic mass is 19.4. The summed E-state index contributed by atoms with van der Waals surface area (Å²) in [6.45, 7) is -0.00752. The molecule has 5 nitrogen and oxygen atoms in total. The van der Waals surface area contributed by atoms with Gasteiger partial charge < -0.3 is 9.15 Å². The number of benzene rings is 2. The van der Waals surface area contributed by atoms with Gasteiger partial charge in [0.05, 0.1) is 30.7 Å². The lowest BCUT2D eigenvalue weighted by atomic mass is 10.0. The molecule has 0 bridgehead atoms. The van der Waals surface area contributed by atoms with Crippen molar-refractivity contribution < 1.29 is 31.1 Å². The van der Waals surface area contributed by atoms with Crippen molar-refractivity contribution in [2.45, 2.75) is 19.1 Å². The molecule has 1 aliphatic heterocycles. The second kappa shape index (κ2) is 8.68. The SMILES string of the molecule is N#Cc1c(C(F)(F)F)cc(-c2cc(-c3ccc4c(c3)CCO4)co2)n(Cc2ccc(F)cc2F)c1=O. The number of hydrogen-bond acceptors (Lipinski definition) is 4. The number of hydrogen-bond donors (Lipinski definition) is 0. The summed E-state index contributed by atoms with van der Waals surface area (Å²) >= 11 is 0. The molecule has 0 radical (unpaired) electrons. The quantitative estimate of drug-likeness (QED) is 0.327. The molecule has 3 heterocycles. The summed E-state index contributed by atoms with van der Waals surface area (Å²) in [6, 6.07) is 11.4. The van der Waals surface area contributed by atoms with Crippen LogP contribution in [0.25, 0.3) is 22.6 Å². The van der Waals surface area contributed by atoms with Gasteiger partial charge in [0.1, 0.15) is 29.0 Å². The fraction of sp³-hybridized carbons (Fsp3) is 0.154. The number of halogens is 5. The van der Waals surface area contributed by atoms with Crippen molar-refractivity contribution in [2.24, 2.45) is 0 Å². The minimum absolute atomic E-state index is 0.101. The molecule has 0 aliphatic carbocycles. The molecule has 1 aliphatic rings. The van der Waals surface area contributed by atoms with Gasteiger partial charge in [-0.15, -0.1) is 0 Å². The standard InChI is InChI=1S/C26H15F5N2O3/c27-18-3-1-16(21(28)9-18)12-33-22(10-20(26(29,30)31)19(11-32)25(33)34)24-8-17(13-36-24)14-2-4-23-15(7-14)5-6-35-23/h1-4,7-10,13H,5-6,12H2. The van der Waals surface area contributed by atoms with Gasteiger partial charge in [0, 0.05) is 23.6 Å². The Kier molecular flexibility index (Phi) is 5.63. The first-order chi connectivity index (χ1) is 17.2. The first-order valence-corrected chi connectivity index (χ1v) is 10.7. The fourth-order valence-corrected chi connectivity index (χ4v) is 4.15. The number of fused-ring (bicyclic) bond motifs is 1. The van der Waals surface area contributed by atoms with Crippen LogP contribution in [0, 0.1) is 23.0 Å². The molecule has 0 spiro atoms. The molecule has 2 aromatic heterocycles. The first-order valence-electron chi connectivity index (χ1n) is 10.7. The highest BCUT2D eigenvalue weighted by Crippen LogP contribution is 2.36. The Morgan fingerprint density at radius 1 is 1.03 bits per heavy atom. The van der Waals surface area contributed by atoms with Gasteiger partial charge in [0.25, 0.3) is 5.56 Å². The largest absolute Gasteiger partial charge is 0.493 e. The molecule has 0 unspecified atom stereocenters. The van der Waals surface area contributed by atoms with E-state index in [9.17, 15) is 32.0 Å². The maximum atomic E-state index is 14.4. The summed E-state index contributed by atoms with van der Waals surface area (Å²) in [6.07, 6.45) is -2.97. The molecule has 0 saturated heterocycles. The Morgan fingerprint density at radius 3 is 2.56 bits per heavy atom. The van der Waals surface area contributed by atoms with Crippen molar-refractivity contribution in [2.75, 3.05) is 6.61 Å². The van der Waals surface area contributed by atoms with Crippen LogP contribution in [0.5, 0.6) is 5.75 Å². The molecule has 0 fully saturated rings. The Labute approximate surface area is 200 Å². The van der Waals surface area contributed by atoms with Crippen LogP contribution in [0.4, 0.5) is 22.0 Å². The van der Waals surface area contributed by atoms with E-state index in [0.717, 1.165) is 33.6 Å². The zero-order chi connectivity index (χ0) is 25.6. The highest BCUT2D eigenvalue weighted by Gasteiger charge is 2.37. The zero-order valence-electron chi connectivity index (χ0n) is 18.3. The van der Waals surface area contributed by atoms with Gasteiger partial charge in [0.2, 0.25) is 0 Å². The lowest BCUT2D eigenvalue weighted by Crippen LogP contribution is -2.29. The van der Waals surface area contributed by atoms with Gasteiger partial charge >= 0.3 is 6.18 Å². The van der Waals surface area contributed by atoms with E-state index < -0.39 is 41.0 Å². The van der Waals surface area contributed by atoms with E-state index in [1.54, 1.807) is 12.1 Å². The smallest absolute Gasteiger partial charge is 0.417 e. The predicted octanol–water partition coefficient (Wildman–Crippen LogP) is 5.93. The topological polar surface area (TPSA) is 68.2 Å². The Balaban J connectivity index is 1.67. The number of aromatic nitrogens is 1. The van der Waals surface area contributed by atoms with Gasteiger partial charge in [0.15, 0.2) is 5.76 Å². The van der Waals surface area contributed by atoms with Crippen LogP contribution in [0.1, 0.15) is 22.3 Å². The number of pyridine rings is 1. The van der Waals surface area contributed by atoms with E-state index >= 15 is 0 Å². The molecule has 10 heteroatoms. The summed E-state index contributed by atoms with van der Waals surface area (Å²) < 4.78 is 80.8. The molecule has 2 aromatic carbocycles. The van der Waals surface area contributed by atoms with Crippen LogP contribution in [-0.4, -0.2) is 11.2 Å². The molecular weight excluding hydrogens is 483 g/mol. The lowest BCUT2D eigenvalue weighted by molar-refractivity contribution is -0.137. The number of rotatable bonds is 4. The summed E-state index contributed by atoms with van der Waals surface area (Å²) in [5.74, 6) is -1.20. The minimum Gasteiger partial charge on any atom is -0.493 e. The van der Waals surface area contributed by atoms with Crippen molar-refractivity contribution in [3.63, 3.8) is 0 Å². The van der Waals surface area contributed by atoms with E-state index in [1.165, 1.54) is 18.4 Å². The van der Waals surface area contributed by atoms with E-state index in [2.05, 4.69) is 0 Å². The zero-order valence-corrected chi connectivity index (χ0v) is 18.3. The number of nitriles is 1. The van der Waals surface area contributed by atoms with Gasteiger partial charge in [-0.2, -0.15) is 18.4 Å². The normalized spacial score (nSPS) is 12.8. The van der Waals surface area contributed by atoms with Crippen LogP contribution in [0.15, 0.2) is 64.0 Å².